The van der Waals surface area contributed by atoms with Gasteiger partial charge in [0.2, 0.25) is 0 Å². The number of aryl methyl sites for hydroxylation is 1. The van der Waals surface area contributed by atoms with Gasteiger partial charge in [0.1, 0.15) is 17.5 Å². The first-order chi connectivity index (χ1) is 8.95. The summed E-state index contributed by atoms with van der Waals surface area (Å²) in [4.78, 5) is 15.4. The van der Waals surface area contributed by atoms with Crippen molar-refractivity contribution in [2.45, 2.75) is 24.9 Å². The summed E-state index contributed by atoms with van der Waals surface area (Å²) in [5.74, 6) is 0.133. The molecule has 1 aliphatic heterocycles. The van der Waals surface area contributed by atoms with Crippen LogP contribution >= 0.6 is 0 Å². The summed E-state index contributed by atoms with van der Waals surface area (Å²) in [5, 5.41) is 19.5. The van der Waals surface area contributed by atoms with Gasteiger partial charge in [0.25, 0.3) is 0 Å². The molecule has 0 amide bonds. The second-order valence-corrected chi connectivity index (χ2v) is 4.57. The zero-order valence-electron chi connectivity index (χ0n) is 10.7. The molecule has 0 aromatic carbocycles. The van der Waals surface area contributed by atoms with Gasteiger partial charge >= 0.3 is 5.69 Å². The molecular weight excluding hydrogens is 254 g/mol. The van der Waals surface area contributed by atoms with Gasteiger partial charge in [-0.05, 0) is 6.92 Å². The number of hydrogen-bond donors (Lipinski definition) is 3. The van der Waals surface area contributed by atoms with Crippen molar-refractivity contribution in [3.8, 4) is 0 Å². The minimum atomic E-state index is -1.24. The van der Waals surface area contributed by atoms with Crippen molar-refractivity contribution in [1.82, 2.24) is 9.55 Å². The maximum absolute atomic E-state index is 11.8. The number of nitrogens with two attached hydrogens (primary N) is 1. The minimum Gasteiger partial charge on any atom is -0.393 e. The molecule has 1 aromatic heterocycles. The van der Waals surface area contributed by atoms with E-state index in [4.69, 9.17) is 15.2 Å². The molecule has 0 aliphatic carbocycles. The number of ether oxygens (including phenoxy) is 2. The Morgan fingerprint density at radius 2 is 2.42 bits per heavy atom. The van der Waals surface area contributed by atoms with Crippen LogP contribution in [0.5, 0.6) is 0 Å². The number of aromatic nitrogens is 2. The van der Waals surface area contributed by atoms with Crippen molar-refractivity contribution in [3.63, 3.8) is 0 Å². The molecule has 0 radical (unpaired) electrons. The molecule has 0 spiro atoms. The number of rotatable bonds is 3. The van der Waals surface area contributed by atoms with Gasteiger partial charge in [0, 0.05) is 18.9 Å². The Bertz CT molecular complexity index is 526. The van der Waals surface area contributed by atoms with E-state index in [0.29, 0.717) is 5.56 Å². The molecule has 2 heterocycles. The number of methoxy groups -OCH3 is 1. The largest absolute Gasteiger partial charge is 0.393 e. The van der Waals surface area contributed by atoms with E-state index in [-0.39, 0.29) is 12.4 Å². The second kappa shape index (κ2) is 4.89. The van der Waals surface area contributed by atoms with Crippen molar-refractivity contribution in [1.29, 1.82) is 0 Å². The van der Waals surface area contributed by atoms with Gasteiger partial charge < -0.3 is 25.4 Å². The average Bonchev–Trinajstić information content (AvgIpc) is 2.72. The topological polar surface area (TPSA) is 120 Å². The van der Waals surface area contributed by atoms with Crippen LogP contribution in [0.3, 0.4) is 0 Å². The Kier molecular flexibility index (Phi) is 3.59. The zero-order valence-corrected chi connectivity index (χ0v) is 10.7. The Balaban J connectivity index is 2.40. The van der Waals surface area contributed by atoms with E-state index >= 15 is 0 Å². The fourth-order valence-electron chi connectivity index (χ4n) is 2.04. The van der Waals surface area contributed by atoms with Crippen LogP contribution in [0, 0.1) is 6.92 Å². The SMILES string of the molecule is CO[C@@]1(CO)CO[C@@H](n2cc(C)c(N)nc2=O)[C@@H]1O. The summed E-state index contributed by atoms with van der Waals surface area (Å²) in [7, 11) is 1.36. The fraction of sp³-hybridized carbons (Fsp3) is 0.636. The fourth-order valence-corrected chi connectivity index (χ4v) is 2.04. The molecule has 1 fully saturated rings. The van der Waals surface area contributed by atoms with Crippen LogP contribution < -0.4 is 11.4 Å². The van der Waals surface area contributed by atoms with Gasteiger partial charge in [-0.1, -0.05) is 0 Å². The molecule has 1 aliphatic rings. The van der Waals surface area contributed by atoms with Gasteiger partial charge in [-0.2, -0.15) is 4.98 Å². The van der Waals surface area contributed by atoms with E-state index < -0.39 is 30.2 Å². The maximum atomic E-state index is 11.8. The molecule has 8 nitrogen and oxygen atoms in total. The monoisotopic (exact) mass is 271 g/mol. The first-order valence-corrected chi connectivity index (χ1v) is 5.76. The molecule has 2 rings (SSSR count). The first-order valence-electron chi connectivity index (χ1n) is 5.76. The minimum absolute atomic E-state index is 0.0261. The standard InChI is InChI=1S/C11H17N3O5/c1-6-3-14(10(17)13-8(6)12)9-7(16)11(4-15,18-2)5-19-9/h3,7,9,15-16H,4-5H2,1-2H3,(H2,12,13,17)/t7-,9+,11-/m0/s1. The third-order valence-electron chi connectivity index (χ3n) is 3.43. The number of nitrogen functional groups attached to an aromatic ring is 1. The second-order valence-electron chi connectivity index (χ2n) is 4.57. The van der Waals surface area contributed by atoms with Crippen molar-refractivity contribution < 1.29 is 19.7 Å². The number of anilines is 1. The predicted molar refractivity (Wildman–Crippen MR) is 65.5 cm³/mol. The molecule has 1 aromatic rings. The van der Waals surface area contributed by atoms with Gasteiger partial charge in [-0.25, -0.2) is 4.79 Å². The Labute approximate surface area is 109 Å². The molecule has 3 atom stereocenters. The highest BCUT2D eigenvalue weighted by molar-refractivity contribution is 5.35. The lowest BCUT2D eigenvalue weighted by atomic mass is 10.00. The molecule has 4 N–H and O–H groups in total. The first kappa shape index (κ1) is 13.9. The number of nitrogens with zero attached hydrogens (tertiary/aromatic N) is 2. The van der Waals surface area contributed by atoms with Crippen LogP contribution in [0.2, 0.25) is 0 Å². The Morgan fingerprint density at radius 1 is 1.74 bits per heavy atom. The zero-order chi connectivity index (χ0) is 14.2. The summed E-state index contributed by atoms with van der Waals surface area (Å²) < 4.78 is 11.6. The molecule has 8 heteroatoms. The summed E-state index contributed by atoms with van der Waals surface area (Å²) in [6.07, 6.45) is -0.696. The highest BCUT2D eigenvalue weighted by atomic mass is 16.6. The summed E-state index contributed by atoms with van der Waals surface area (Å²) >= 11 is 0. The summed E-state index contributed by atoms with van der Waals surface area (Å²) in [5.41, 5.74) is 4.26. The lowest BCUT2D eigenvalue weighted by Gasteiger charge is -2.28. The molecular formula is C11H17N3O5. The van der Waals surface area contributed by atoms with E-state index in [1.807, 2.05) is 0 Å². The third kappa shape index (κ3) is 2.12. The van der Waals surface area contributed by atoms with Crippen LogP contribution in [0.15, 0.2) is 11.0 Å². The van der Waals surface area contributed by atoms with E-state index in [1.54, 1.807) is 6.92 Å². The quantitative estimate of drug-likeness (QED) is 0.605. The highest BCUT2D eigenvalue weighted by Crippen LogP contribution is 2.33. The predicted octanol–water partition coefficient (Wildman–Crippen LogP) is -1.60. The highest BCUT2D eigenvalue weighted by Gasteiger charge is 2.50. The van der Waals surface area contributed by atoms with Crippen LogP contribution in [-0.4, -0.2) is 51.8 Å². The van der Waals surface area contributed by atoms with E-state index in [2.05, 4.69) is 4.98 Å². The summed E-state index contributed by atoms with van der Waals surface area (Å²) in [6, 6.07) is 0. The van der Waals surface area contributed by atoms with Crippen LogP contribution in [0.1, 0.15) is 11.8 Å². The smallest absolute Gasteiger partial charge is 0.351 e. The molecule has 106 valence electrons. The molecule has 0 bridgehead atoms. The van der Waals surface area contributed by atoms with Gasteiger partial charge in [0.05, 0.1) is 13.2 Å². The summed E-state index contributed by atoms with van der Waals surface area (Å²) in [6.45, 7) is 1.24. The number of hydrogen-bond acceptors (Lipinski definition) is 7. The Hall–Kier alpha value is -1.48. The van der Waals surface area contributed by atoms with Crippen molar-refractivity contribution in [3.05, 3.63) is 22.2 Å². The van der Waals surface area contributed by atoms with Crippen molar-refractivity contribution in [2.24, 2.45) is 0 Å². The van der Waals surface area contributed by atoms with E-state index in [1.165, 1.54) is 13.3 Å². The number of aliphatic hydroxyl groups excluding tert-OH is 2. The molecule has 0 saturated carbocycles. The lowest BCUT2D eigenvalue weighted by molar-refractivity contribution is -0.112. The van der Waals surface area contributed by atoms with E-state index in [0.717, 1.165) is 4.57 Å². The molecule has 19 heavy (non-hydrogen) atoms. The number of aliphatic hydroxyl groups is 2. The van der Waals surface area contributed by atoms with Gasteiger partial charge in [-0.3, -0.25) is 4.57 Å². The van der Waals surface area contributed by atoms with Crippen LogP contribution in [0.4, 0.5) is 5.82 Å². The maximum Gasteiger partial charge on any atom is 0.351 e. The molecule has 0 unspecified atom stereocenters. The third-order valence-corrected chi connectivity index (χ3v) is 3.43. The Morgan fingerprint density at radius 3 is 2.95 bits per heavy atom. The van der Waals surface area contributed by atoms with Gasteiger partial charge in [0.15, 0.2) is 6.23 Å². The average molecular weight is 271 g/mol. The van der Waals surface area contributed by atoms with Crippen LogP contribution in [-0.2, 0) is 9.47 Å². The van der Waals surface area contributed by atoms with Crippen molar-refractivity contribution >= 4 is 5.82 Å². The van der Waals surface area contributed by atoms with Crippen molar-refractivity contribution in [2.75, 3.05) is 26.1 Å². The molecule has 1 saturated heterocycles. The van der Waals surface area contributed by atoms with E-state index in [9.17, 15) is 15.0 Å². The van der Waals surface area contributed by atoms with Gasteiger partial charge in [-0.15, -0.1) is 0 Å². The van der Waals surface area contributed by atoms with Crippen LogP contribution in [0.25, 0.3) is 0 Å². The normalized spacial score (nSPS) is 30.7. The lowest BCUT2D eigenvalue weighted by Crippen LogP contribution is -2.48.